The zero-order chi connectivity index (χ0) is 10.2. The van der Waals surface area contributed by atoms with Crippen molar-refractivity contribution in [2.24, 2.45) is 0 Å². The zero-order valence-electron chi connectivity index (χ0n) is 9.00. The summed E-state index contributed by atoms with van der Waals surface area (Å²) in [5, 5.41) is 0. The van der Waals surface area contributed by atoms with Crippen molar-refractivity contribution in [2.75, 3.05) is 0 Å². The average Bonchev–Trinajstić information content (AvgIpc) is 2.13. The Kier molecular flexibility index (Phi) is 5.35. The Morgan fingerprint density at radius 2 is 1.93 bits per heavy atom. The molecule has 0 saturated carbocycles. The Hall–Kier alpha value is -0.790. The summed E-state index contributed by atoms with van der Waals surface area (Å²) < 4.78 is 5.20. The molecule has 0 aromatic rings. The van der Waals surface area contributed by atoms with Crippen molar-refractivity contribution in [2.45, 2.75) is 58.0 Å². The molecule has 0 fully saturated rings. The Labute approximate surface area is 86.3 Å². The molecule has 0 saturated heterocycles. The first kappa shape index (κ1) is 11.3. The smallest absolute Gasteiger partial charge is 0.330 e. The monoisotopic (exact) mass is 196 g/mol. The third-order valence-corrected chi connectivity index (χ3v) is 2.55. The third-order valence-electron chi connectivity index (χ3n) is 2.55. The van der Waals surface area contributed by atoms with Gasteiger partial charge in [0.05, 0.1) is 6.10 Å². The molecule has 1 heterocycles. The van der Waals surface area contributed by atoms with Crippen molar-refractivity contribution in [3.05, 3.63) is 12.2 Å². The highest BCUT2D eigenvalue weighted by Gasteiger charge is 2.06. The van der Waals surface area contributed by atoms with Crippen molar-refractivity contribution >= 4 is 5.97 Å². The molecule has 14 heavy (non-hydrogen) atoms. The molecule has 0 spiro atoms. The van der Waals surface area contributed by atoms with Crippen molar-refractivity contribution in [3.8, 4) is 0 Å². The Morgan fingerprint density at radius 1 is 1.21 bits per heavy atom. The standard InChI is InChI=1S/C12H20O2/c1-11-9-7-5-3-2-4-6-8-10-12(13)14-11/h8,10-11H,2-7,9H2,1H3/t11-/m1/s1. The third kappa shape index (κ3) is 5.05. The molecular formula is C12H20O2. The quantitative estimate of drug-likeness (QED) is 0.556. The summed E-state index contributed by atoms with van der Waals surface area (Å²) >= 11 is 0. The van der Waals surface area contributed by atoms with E-state index in [1.807, 2.05) is 13.0 Å². The van der Waals surface area contributed by atoms with Crippen molar-refractivity contribution < 1.29 is 9.53 Å². The number of carbonyl (C=O) groups excluding carboxylic acids is 1. The van der Waals surface area contributed by atoms with Crippen LogP contribution in [0.4, 0.5) is 0 Å². The van der Waals surface area contributed by atoms with Gasteiger partial charge in [0.2, 0.25) is 0 Å². The minimum Gasteiger partial charge on any atom is -0.460 e. The maximum atomic E-state index is 11.2. The maximum Gasteiger partial charge on any atom is 0.330 e. The van der Waals surface area contributed by atoms with E-state index in [1.165, 1.54) is 32.1 Å². The van der Waals surface area contributed by atoms with Crippen LogP contribution in [0.3, 0.4) is 0 Å². The predicted octanol–water partition coefficient (Wildman–Crippen LogP) is 3.22. The van der Waals surface area contributed by atoms with Crippen LogP contribution in [-0.2, 0) is 9.53 Å². The molecule has 0 aliphatic carbocycles. The minimum absolute atomic E-state index is 0.0755. The molecule has 2 nitrogen and oxygen atoms in total. The molecule has 0 unspecified atom stereocenters. The van der Waals surface area contributed by atoms with Crippen LogP contribution in [-0.4, -0.2) is 12.1 Å². The molecule has 0 aromatic carbocycles. The van der Waals surface area contributed by atoms with E-state index in [1.54, 1.807) is 6.08 Å². The summed E-state index contributed by atoms with van der Waals surface area (Å²) in [6.45, 7) is 1.97. The van der Waals surface area contributed by atoms with Crippen LogP contribution in [0.15, 0.2) is 12.2 Å². The van der Waals surface area contributed by atoms with Gasteiger partial charge in [0, 0.05) is 6.08 Å². The SMILES string of the molecule is C[C@@H]1CCCCCCCC=CC(=O)O1. The van der Waals surface area contributed by atoms with Gasteiger partial charge < -0.3 is 4.74 Å². The molecule has 1 aliphatic rings. The first-order valence-corrected chi connectivity index (χ1v) is 5.66. The summed E-state index contributed by atoms with van der Waals surface area (Å²) in [6.07, 6.45) is 11.8. The van der Waals surface area contributed by atoms with E-state index >= 15 is 0 Å². The molecule has 0 amide bonds. The second-order valence-corrected chi connectivity index (χ2v) is 3.99. The summed E-state index contributed by atoms with van der Waals surface area (Å²) in [6, 6.07) is 0. The topological polar surface area (TPSA) is 26.3 Å². The van der Waals surface area contributed by atoms with Crippen LogP contribution in [0.1, 0.15) is 51.9 Å². The minimum atomic E-state index is -0.182. The molecular weight excluding hydrogens is 176 g/mol. The van der Waals surface area contributed by atoms with Gasteiger partial charge in [-0.3, -0.25) is 0 Å². The fourth-order valence-electron chi connectivity index (χ4n) is 1.70. The fourth-order valence-corrected chi connectivity index (χ4v) is 1.70. The van der Waals surface area contributed by atoms with Gasteiger partial charge in [-0.2, -0.15) is 0 Å². The van der Waals surface area contributed by atoms with Crippen LogP contribution in [0.25, 0.3) is 0 Å². The van der Waals surface area contributed by atoms with E-state index < -0.39 is 0 Å². The molecule has 0 N–H and O–H groups in total. The van der Waals surface area contributed by atoms with E-state index in [9.17, 15) is 4.79 Å². The summed E-state index contributed by atoms with van der Waals surface area (Å²) in [5.74, 6) is -0.182. The lowest BCUT2D eigenvalue weighted by Gasteiger charge is -2.12. The first-order valence-electron chi connectivity index (χ1n) is 5.66. The van der Waals surface area contributed by atoms with Gasteiger partial charge in [0.15, 0.2) is 0 Å². The van der Waals surface area contributed by atoms with Gasteiger partial charge in [0.1, 0.15) is 0 Å². The summed E-state index contributed by atoms with van der Waals surface area (Å²) in [5.41, 5.74) is 0. The van der Waals surface area contributed by atoms with E-state index in [2.05, 4.69) is 0 Å². The number of cyclic esters (lactones) is 1. The second kappa shape index (κ2) is 6.63. The lowest BCUT2D eigenvalue weighted by molar-refractivity contribution is -0.142. The van der Waals surface area contributed by atoms with E-state index in [-0.39, 0.29) is 12.1 Å². The van der Waals surface area contributed by atoms with E-state index in [0.717, 1.165) is 12.8 Å². The number of carbonyl (C=O) groups is 1. The van der Waals surface area contributed by atoms with Crippen LogP contribution in [0.5, 0.6) is 0 Å². The van der Waals surface area contributed by atoms with Gasteiger partial charge in [-0.05, 0) is 32.6 Å². The van der Waals surface area contributed by atoms with Gasteiger partial charge in [-0.1, -0.05) is 25.3 Å². The largest absolute Gasteiger partial charge is 0.460 e. The lowest BCUT2D eigenvalue weighted by Crippen LogP contribution is -2.12. The van der Waals surface area contributed by atoms with Crippen LogP contribution in [0.2, 0.25) is 0 Å². The molecule has 80 valence electrons. The highest BCUT2D eigenvalue weighted by atomic mass is 16.5. The Balaban J connectivity index is 2.38. The van der Waals surface area contributed by atoms with Gasteiger partial charge in [0.25, 0.3) is 0 Å². The lowest BCUT2D eigenvalue weighted by atomic mass is 10.1. The summed E-state index contributed by atoms with van der Waals surface area (Å²) in [4.78, 5) is 11.2. The van der Waals surface area contributed by atoms with Gasteiger partial charge >= 0.3 is 5.97 Å². The van der Waals surface area contributed by atoms with Crippen LogP contribution >= 0.6 is 0 Å². The normalized spacial score (nSPS) is 26.1. The van der Waals surface area contributed by atoms with E-state index in [4.69, 9.17) is 4.74 Å². The summed E-state index contributed by atoms with van der Waals surface area (Å²) in [7, 11) is 0. The van der Waals surface area contributed by atoms with Crippen LogP contribution in [0, 0.1) is 0 Å². The number of allylic oxidation sites excluding steroid dienone is 1. The van der Waals surface area contributed by atoms with E-state index in [0.29, 0.717) is 0 Å². The molecule has 1 rings (SSSR count). The molecule has 1 atom stereocenters. The number of hydrogen-bond acceptors (Lipinski definition) is 2. The first-order chi connectivity index (χ1) is 6.79. The molecule has 0 radical (unpaired) electrons. The molecule has 0 bridgehead atoms. The zero-order valence-corrected chi connectivity index (χ0v) is 9.00. The van der Waals surface area contributed by atoms with Crippen LogP contribution < -0.4 is 0 Å². The Morgan fingerprint density at radius 3 is 2.79 bits per heavy atom. The Bertz CT molecular complexity index is 196. The highest BCUT2D eigenvalue weighted by Crippen LogP contribution is 2.12. The molecule has 2 heteroatoms. The number of ether oxygens (including phenoxy) is 1. The second-order valence-electron chi connectivity index (χ2n) is 3.99. The van der Waals surface area contributed by atoms with Crippen molar-refractivity contribution in [1.29, 1.82) is 0 Å². The molecule has 0 aromatic heterocycles. The van der Waals surface area contributed by atoms with Gasteiger partial charge in [-0.15, -0.1) is 0 Å². The van der Waals surface area contributed by atoms with Crippen molar-refractivity contribution in [1.82, 2.24) is 0 Å². The number of esters is 1. The maximum absolute atomic E-state index is 11.2. The average molecular weight is 196 g/mol. The highest BCUT2D eigenvalue weighted by molar-refractivity contribution is 5.81. The molecule has 1 aliphatic heterocycles. The van der Waals surface area contributed by atoms with Crippen molar-refractivity contribution in [3.63, 3.8) is 0 Å². The predicted molar refractivity (Wildman–Crippen MR) is 57.0 cm³/mol. The number of rotatable bonds is 0. The number of hydrogen-bond donors (Lipinski definition) is 0. The fraction of sp³-hybridized carbons (Fsp3) is 0.750. The van der Waals surface area contributed by atoms with Gasteiger partial charge in [-0.25, -0.2) is 4.79 Å².